The van der Waals surface area contributed by atoms with Gasteiger partial charge in [0, 0.05) is 30.3 Å². The Labute approximate surface area is 223 Å². The van der Waals surface area contributed by atoms with Crippen LogP contribution >= 0.6 is 11.6 Å². The Hall–Kier alpha value is -3.20. The monoisotopic (exact) mass is 539 g/mol. The topological polar surface area (TPSA) is 86.8 Å². The fourth-order valence-electron chi connectivity index (χ4n) is 4.32. The van der Waals surface area contributed by atoms with E-state index in [1.54, 1.807) is 24.3 Å². The second-order valence-corrected chi connectivity index (χ2v) is 11.6. The Bertz CT molecular complexity index is 1350. The molecule has 9 heteroatoms. The molecule has 1 N–H and O–H groups in total. The Morgan fingerprint density at radius 2 is 1.62 bits per heavy atom. The summed E-state index contributed by atoms with van der Waals surface area (Å²) in [7, 11) is -3.97. The van der Waals surface area contributed by atoms with Gasteiger partial charge in [-0.25, -0.2) is 8.42 Å². The zero-order valence-corrected chi connectivity index (χ0v) is 22.3. The summed E-state index contributed by atoms with van der Waals surface area (Å²) in [6.45, 7) is 3.22. The van der Waals surface area contributed by atoms with Gasteiger partial charge in [0.15, 0.2) is 0 Å². The Morgan fingerprint density at radius 3 is 2.27 bits per heavy atom. The van der Waals surface area contributed by atoms with E-state index >= 15 is 0 Å². The van der Waals surface area contributed by atoms with E-state index in [1.807, 2.05) is 36.1 Å². The molecule has 3 aromatic rings. The summed E-state index contributed by atoms with van der Waals surface area (Å²) in [6, 6.07) is 20.4. The Kier molecular flexibility index (Phi) is 8.63. The van der Waals surface area contributed by atoms with Gasteiger partial charge in [-0.15, -0.1) is 0 Å². The van der Waals surface area contributed by atoms with Crippen molar-refractivity contribution in [2.45, 2.75) is 37.6 Å². The number of carbonyl (C=O) groups excluding carboxylic acids is 2. The zero-order valence-electron chi connectivity index (χ0n) is 20.7. The fraction of sp³-hybridized carbons (Fsp3) is 0.286. The first-order valence-electron chi connectivity index (χ1n) is 12.2. The van der Waals surface area contributed by atoms with E-state index in [4.69, 9.17) is 11.6 Å². The van der Waals surface area contributed by atoms with Crippen molar-refractivity contribution < 1.29 is 18.0 Å². The third-order valence-electron chi connectivity index (χ3n) is 6.26. The molecule has 0 atom stereocenters. The maximum Gasteiger partial charge on any atom is 0.243 e. The van der Waals surface area contributed by atoms with Gasteiger partial charge in [-0.05, 0) is 67.3 Å². The lowest BCUT2D eigenvalue weighted by molar-refractivity contribution is -0.129. The highest BCUT2D eigenvalue weighted by molar-refractivity contribution is 7.89. The SMILES string of the molecule is Cc1cccc(CN(CC(=O)Nc2ccc(CC(=O)N3CCCC3)cc2)S(=O)(=O)c2ccc(Cl)cc2)c1. The standard InChI is InChI=1S/C28H30ClN3O4S/c1-21-5-4-6-23(17-21)19-32(37(35,36)26-13-9-24(29)10-14-26)20-27(33)30-25-11-7-22(8-12-25)18-28(34)31-15-2-3-16-31/h4-14,17H,2-3,15-16,18-20H2,1H3,(H,30,33). The summed E-state index contributed by atoms with van der Waals surface area (Å²) in [6.07, 6.45) is 2.41. The smallest absolute Gasteiger partial charge is 0.243 e. The molecule has 37 heavy (non-hydrogen) atoms. The van der Waals surface area contributed by atoms with E-state index in [0.717, 1.165) is 46.9 Å². The molecule has 1 aliphatic rings. The number of nitrogens with zero attached hydrogens (tertiary/aromatic N) is 2. The van der Waals surface area contributed by atoms with Crippen LogP contribution in [0.1, 0.15) is 29.5 Å². The second-order valence-electron chi connectivity index (χ2n) is 9.23. The lowest BCUT2D eigenvalue weighted by Crippen LogP contribution is -2.37. The number of sulfonamides is 1. The van der Waals surface area contributed by atoms with Crippen LogP contribution in [0, 0.1) is 6.92 Å². The zero-order chi connectivity index (χ0) is 26.4. The normalized spacial score (nSPS) is 13.6. The molecule has 2 amide bonds. The molecule has 1 heterocycles. The van der Waals surface area contributed by atoms with Crippen molar-refractivity contribution in [1.29, 1.82) is 0 Å². The van der Waals surface area contributed by atoms with Crippen molar-refractivity contribution in [3.8, 4) is 0 Å². The number of aryl methyl sites for hydroxylation is 1. The number of hydrogen-bond acceptors (Lipinski definition) is 4. The van der Waals surface area contributed by atoms with Crippen molar-refractivity contribution in [1.82, 2.24) is 9.21 Å². The van der Waals surface area contributed by atoms with E-state index in [-0.39, 0.29) is 23.9 Å². The maximum atomic E-state index is 13.4. The number of likely N-dealkylation sites (tertiary alicyclic amines) is 1. The summed E-state index contributed by atoms with van der Waals surface area (Å²) in [5.74, 6) is -0.362. The van der Waals surface area contributed by atoms with Crippen molar-refractivity contribution >= 4 is 39.1 Å². The van der Waals surface area contributed by atoms with Crippen molar-refractivity contribution in [3.63, 3.8) is 0 Å². The predicted molar refractivity (Wildman–Crippen MR) is 145 cm³/mol. The third-order valence-corrected chi connectivity index (χ3v) is 8.32. The van der Waals surface area contributed by atoms with Gasteiger partial charge in [0.05, 0.1) is 17.9 Å². The van der Waals surface area contributed by atoms with E-state index < -0.39 is 15.9 Å². The van der Waals surface area contributed by atoms with Gasteiger partial charge in [0.1, 0.15) is 0 Å². The van der Waals surface area contributed by atoms with Crippen LogP contribution in [0.25, 0.3) is 0 Å². The minimum absolute atomic E-state index is 0.0393. The molecule has 0 aromatic heterocycles. The number of hydrogen-bond donors (Lipinski definition) is 1. The largest absolute Gasteiger partial charge is 0.342 e. The molecule has 1 fully saturated rings. The highest BCUT2D eigenvalue weighted by Crippen LogP contribution is 2.21. The summed E-state index contributed by atoms with van der Waals surface area (Å²) in [5, 5.41) is 3.20. The number of rotatable bonds is 9. The first-order chi connectivity index (χ1) is 17.7. The number of amides is 2. The first kappa shape index (κ1) is 26.9. The molecular weight excluding hydrogens is 510 g/mol. The molecule has 4 rings (SSSR count). The first-order valence-corrected chi connectivity index (χ1v) is 14.0. The molecule has 0 bridgehead atoms. The lowest BCUT2D eigenvalue weighted by atomic mass is 10.1. The highest BCUT2D eigenvalue weighted by atomic mass is 35.5. The van der Waals surface area contributed by atoms with E-state index in [0.29, 0.717) is 17.1 Å². The van der Waals surface area contributed by atoms with Crippen LogP contribution in [0.2, 0.25) is 5.02 Å². The molecule has 0 unspecified atom stereocenters. The number of halogens is 1. The van der Waals surface area contributed by atoms with E-state index in [2.05, 4.69) is 5.32 Å². The van der Waals surface area contributed by atoms with Gasteiger partial charge in [0.2, 0.25) is 21.8 Å². The summed E-state index contributed by atoms with van der Waals surface area (Å²) >= 11 is 5.94. The van der Waals surface area contributed by atoms with Crippen molar-refractivity contribution in [2.75, 3.05) is 25.0 Å². The number of carbonyl (C=O) groups is 2. The molecule has 194 valence electrons. The Balaban J connectivity index is 1.46. The summed E-state index contributed by atoms with van der Waals surface area (Å²) < 4.78 is 28.0. The molecular formula is C28H30ClN3O4S. The third kappa shape index (κ3) is 7.19. The summed E-state index contributed by atoms with van der Waals surface area (Å²) in [5.41, 5.74) is 3.16. The molecule has 0 radical (unpaired) electrons. The minimum Gasteiger partial charge on any atom is -0.342 e. The van der Waals surface area contributed by atoms with Crippen LogP contribution in [0.3, 0.4) is 0 Å². The molecule has 7 nitrogen and oxygen atoms in total. The average molecular weight is 540 g/mol. The van der Waals surface area contributed by atoms with E-state index in [9.17, 15) is 18.0 Å². The molecule has 1 aliphatic heterocycles. The molecule has 0 saturated carbocycles. The van der Waals surface area contributed by atoms with Crippen LogP contribution in [-0.4, -0.2) is 49.1 Å². The van der Waals surface area contributed by atoms with Crippen LogP contribution in [0.4, 0.5) is 5.69 Å². The van der Waals surface area contributed by atoms with Gasteiger partial charge >= 0.3 is 0 Å². The number of benzene rings is 3. The predicted octanol–water partition coefficient (Wildman–Crippen LogP) is 4.64. The highest BCUT2D eigenvalue weighted by Gasteiger charge is 2.27. The molecule has 1 saturated heterocycles. The maximum absolute atomic E-state index is 13.4. The van der Waals surface area contributed by atoms with Gasteiger partial charge < -0.3 is 10.2 Å². The van der Waals surface area contributed by atoms with Crippen LogP contribution < -0.4 is 5.32 Å². The van der Waals surface area contributed by atoms with Gasteiger partial charge in [-0.3, -0.25) is 9.59 Å². The molecule has 0 spiro atoms. The Morgan fingerprint density at radius 1 is 0.946 bits per heavy atom. The van der Waals surface area contributed by atoms with Crippen LogP contribution in [-0.2, 0) is 32.6 Å². The lowest BCUT2D eigenvalue weighted by Gasteiger charge is -2.22. The van der Waals surface area contributed by atoms with Crippen molar-refractivity contribution in [3.05, 3.63) is 94.5 Å². The average Bonchev–Trinajstić information content (AvgIpc) is 3.41. The van der Waals surface area contributed by atoms with Gasteiger partial charge in [-0.1, -0.05) is 53.6 Å². The fourth-order valence-corrected chi connectivity index (χ4v) is 5.83. The van der Waals surface area contributed by atoms with Crippen LogP contribution in [0.5, 0.6) is 0 Å². The molecule has 3 aromatic carbocycles. The quantitative estimate of drug-likeness (QED) is 0.429. The van der Waals surface area contributed by atoms with Gasteiger partial charge in [0.25, 0.3) is 0 Å². The summed E-state index contributed by atoms with van der Waals surface area (Å²) in [4.78, 5) is 27.3. The van der Waals surface area contributed by atoms with Gasteiger partial charge in [-0.2, -0.15) is 4.31 Å². The molecule has 0 aliphatic carbocycles. The van der Waals surface area contributed by atoms with E-state index in [1.165, 1.54) is 24.3 Å². The number of nitrogens with one attached hydrogen (secondary N) is 1. The number of anilines is 1. The minimum atomic E-state index is -3.97. The van der Waals surface area contributed by atoms with Crippen molar-refractivity contribution in [2.24, 2.45) is 0 Å². The van der Waals surface area contributed by atoms with Crippen LogP contribution in [0.15, 0.2) is 77.7 Å². The second kappa shape index (κ2) is 11.9.